The number of nitrogens with zero attached hydrogens (tertiary/aromatic N) is 1. The van der Waals surface area contributed by atoms with Gasteiger partial charge in [0.25, 0.3) is 10.0 Å². The van der Waals surface area contributed by atoms with Gasteiger partial charge in [-0.25, -0.2) is 8.42 Å². The van der Waals surface area contributed by atoms with E-state index >= 15 is 0 Å². The molecule has 0 atom stereocenters. The molecular formula is C14H18N2O3S2. The zero-order chi connectivity index (χ0) is 14.9. The van der Waals surface area contributed by atoms with Gasteiger partial charge in [0.15, 0.2) is 0 Å². The molecule has 0 radical (unpaired) electrons. The third-order valence-electron chi connectivity index (χ3n) is 3.40. The van der Waals surface area contributed by atoms with E-state index < -0.39 is 10.0 Å². The molecule has 2 aromatic heterocycles. The van der Waals surface area contributed by atoms with E-state index in [9.17, 15) is 8.42 Å². The molecule has 7 heteroatoms. The van der Waals surface area contributed by atoms with Gasteiger partial charge in [-0.2, -0.15) is 4.31 Å². The van der Waals surface area contributed by atoms with Gasteiger partial charge in [0.1, 0.15) is 5.76 Å². The molecule has 0 amide bonds. The van der Waals surface area contributed by atoms with Crippen LogP contribution in [-0.4, -0.2) is 25.8 Å². The molecule has 1 N–H and O–H groups in total. The van der Waals surface area contributed by atoms with Crippen molar-refractivity contribution in [1.29, 1.82) is 0 Å². The first-order valence-electron chi connectivity index (χ1n) is 6.86. The van der Waals surface area contributed by atoms with Crippen LogP contribution >= 0.6 is 11.3 Å². The van der Waals surface area contributed by atoms with Gasteiger partial charge in [0.2, 0.25) is 5.09 Å². The van der Waals surface area contributed by atoms with Crippen molar-refractivity contribution in [1.82, 2.24) is 9.62 Å². The van der Waals surface area contributed by atoms with Crippen LogP contribution < -0.4 is 5.32 Å². The third-order valence-corrected chi connectivity index (χ3v) is 5.94. The largest absolute Gasteiger partial charge is 0.447 e. The Balaban J connectivity index is 1.68. The fraction of sp³-hybridized carbons (Fsp3) is 0.429. The Bertz CT molecular complexity index is 688. The normalized spacial score (nSPS) is 15.7. The van der Waals surface area contributed by atoms with Gasteiger partial charge in [-0.3, -0.25) is 0 Å². The number of hydrogen-bond acceptors (Lipinski definition) is 5. The molecule has 21 heavy (non-hydrogen) atoms. The lowest BCUT2D eigenvalue weighted by Gasteiger charge is -2.14. The molecular weight excluding hydrogens is 308 g/mol. The molecule has 1 fully saturated rings. The lowest BCUT2D eigenvalue weighted by molar-refractivity contribution is 0.379. The van der Waals surface area contributed by atoms with E-state index in [1.54, 1.807) is 13.1 Å². The van der Waals surface area contributed by atoms with Crippen molar-refractivity contribution in [3.05, 3.63) is 40.3 Å². The maximum Gasteiger partial charge on any atom is 0.276 e. The molecule has 114 valence electrons. The summed E-state index contributed by atoms with van der Waals surface area (Å²) in [5.74, 6) is 0.657. The average Bonchev–Trinajstić information content (AvgIpc) is 2.93. The number of rotatable bonds is 7. The first-order chi connectivity index (χ1) is 10.1. The molecule has 0 spiro atoms. The average molecular weight is 326 g/mol. The van der Waals surface area contributed by atoms with E-state index in [4.69, 9.17) is 4.42 Å². The molecule has 0 saturated heterocycles. The van der Waals surface area contributed by atoms with Gasteiger partial charge in [-0.1, -0.05) is 6.07 Å². The van der Waals surface area contributed by atoms with E-state index in [1.165, 1.54) is 34.6 Å². The molecule has 2 heterocycles. The summed E-state index contributed by atoms with van der Waals surface area (Å²) in [7, 11) is -2.00. The molecule has 5 nitrogen and oxygen atoms in total. The summed E-state index contributed by atoms with van der Waals surface area (Å²) in [6.45, 7) is 0.936. The van der Waals surface area contributed by atoms with Gasteiger partial charge in [-0.15, -0.1) is 11.3 Å². The van der Waals surface area contributed by atoms with E-state index in [0.29, 0.717) is 24.9 Å². The summed E-state index contributed by atoms with van der Waals surface area (Å²) >= 11 is 1.54. The minimum Gasteiger partial charge on any atom is -0.447 e. The first kappa shape index (κ1) is 14.8. The Morgan fingerprint density at radius 2 is 2.19 bits per heavy atom. The second kappa shape index (κ2) is 5.92. The monoisotopic (exact) mass is 326 g/mol. The minimum absolute atomic E-state index is 0.00848. The van der Waals surface area contributed by atoms with Crippen LogP contribution in [0.1, 0.15) is 23.5 Å². The van der Waals surface area contributed by atoms with E-state index in [2.05, 4.69) is 5.32 Å². The molecule has 0 bridgehead atoms. The Labute approximate surface area is 128 Å². The smallest absolute Gasteiger partial charge is 0.276 e. The minimum atomic E-state index is -3.57. The van der Waals surface area contributed by atoms with Gasteiger partial charge >= 0.3 is 0 Å². The Hall–Kier alpha value is -1.15. The summed E-state index contributed by atoms with van der Waals surface area (Å²) < 4.78 is 31.7. The topological polar surface area (TPSA) is 62.6 Å². The third kappa shape index (κ3) is 3.55. The number of thiophene rings is 1. The molecule has 0 unspecified atom stereocenters. The molecule has 1 aliphatic carbocycles. The van der Waals surface area contributed by atoms with Crippen molar-refractivity contribution >= 4 is 21.4 Å². The van der Waals surface area contributed by atoms with Crippen molar-refractivity contribution in [2.75, 3.05) is 7.05 Å². The first-order valence-corrected chi connectivity index (χ1v) is 9.18. The van der Waals surface area contributed by atoms with Crippen LogP contribution in [0.25, 0.3) is 0 Å². The zero-order valence-electron chi connectivity index (χ0n) is 11.8. The fourth-order valence-corrected chi connectivity index (χ4v) is 3.89. The number of nitrogens with one attached hydrogen (secondary N) is 1. The second-order valence-corrected chi connectivity index (χ2v) is 8.22. The van der Waals surface area contributed by atoms with Crippen LogP contribution in [0.15, 0.2) is 39.2 Å². The van der Waals surface area contributed by atoms with Crippen molar-refractivity contribution in [2.45, 2.75) is 37.1 Å². The highest BCUT2D eigenvalue weighted by Gasteiger charge is 2.26. The fourth-order valence-electron chi connectivity index (χ4n) is 1.98. The predicted molar refractivity (Wildman–Crippen MR) is 81.5 cm³/mol. The van der Waals surface area contributed by atoms with Crippen LogP contribution in [0.4, 0.5) is 0 Å². The van der Waals surface area contributed by atoms with Gasteiger partial charge < -0.3 is 9.73 Å². The van der Waals surface area contributed by atoms with Crippen LogP contribution in [-0.2, 0) is 23.1 Å². The lowest BCUT2D eigenvalue weighted by atomic mass is 10.4. The summed E-state index contributed by atoms with van der Waals surface area (Å²) in [4.78, 5) is 1.00. The van der Waals surface area contributed by atoms with Crippen molar-refractivity contribution in [3.8, 4) is 0 Å². The van der Waals surface area contributed by atoms with E-state index in [0.717, 1.165) is 4.88 Å². The number of furan rings is 1. The number of hydrogen-bond donors (Lipinski definition) is 1. The van der Waals surface area contributed by atoms with Crippen LogP contribution in [0.3, 0.4) is 0 Å². The van der Waals surface area contributed by atoms with Crippen LogP contribution in [0, 0.1) is 0 Å². The van der Waals surface area contributed by atoms with Crippen molar-refractivity contribution in [2.24, 2.45) is 0 Å². The van der Waals surface area contributed by atoms with Gasteiger partial charge in [0.05, 0.1) is 6.54 Å². The Morgan fingerprint density at radius 3 is 2.86 bits per heavy atom. The Morgan fingerprint density at radius 1 is 1.38 bits per heavy atom. The second-order valence-electron chi connectivity index (χ2n) is 5.22. The summed E-state index contributed by atoms with van der Waals surface area (Å²) in [6.07, 6.45) is 2.38. The molecule has 2 aromatic rings. The quantitative estimate of drug-likeness (QED) is 0.849. The van der Waals surface area contributed by atoms with Crippen LogP contribution in [0.2, 0.25) is 0 Å². The SMILES string of the molecule is CN(Cc1cccs1)S(=O)(=O)c1ccc(CNC2CC2)o1. The van der Waals surface area contributed by atoms with Crippen LogP contribution in [0.5, 0.6) is 0 Å². The van der Waals surface area contributed by atoms with E-state index in [1.807, 2.05) is 17.5 Å². The molecule has 0 aliphatic heterocycles. The predicted octanol–water partition coefficient (Wildman–Crippen LogP) is 2.41. The van der Waals surface area contributed by atoms with Gasteiger partial charge in [-0.05, 0) is 36.4 Å². The highest BCUT2D eigenvalue weighted by molar-refractivity contribution is 7.88. The molecule has 1 aliphatic rings. The highest BCUT2D eigenvalue weighted by Crippen LogP contribution is 2.23. The molecule has 1 saturated carbocycles. The Kier molecular flexibility index (Phi) is 4.17. The lowest BCUT2D eigenvalue weighted by Crippen LogP contribution is -2.25. The van der Waals surface area contributed by atoms with Gasteiger partial charge in [0, 0.05) is 24.5 Å². The summed E-state index contributed by atoms with van der Waals surface area (Å²) in [5.41, 5.74) is 0. The summed E-state index contributed by atoms with van der Waals surface area (Å²) in [6, 6.07) is 7.65. The van der Waals surface area contributed by atoms with Crippen molar-refractivity contribution in [3.63, 3.8) is 0 Å². The maximum atomic E-state index is 12.4. The molecule has 3 rings (SSSR count). The highest BCUT2D eigenvalue weighted by atomic mass is 32.2. The molecule has 0 aromatic carbocycles. The summed E-state index contributed by atoms with van der Waals surface area (Å²) in [5, 5.41) is 5.25. The van der Waals surface area contributed by atoms with E-state index in [-0.39, 0.29) is 5.09 Å². The number of sulfonamides is 1. The van der Waals surface area contributed by atoms with Crippen molar-refractivity contribution < 1.29 is 12.8 Å². The standard InChI is InChI=1S/C14H18N2O3S2/c1-16(10-13-3-2-8-20-13)21(17,18)14-7-6-12(19-14)9-15-11-4-5-11/h2-3,6-8,11,15H,4-5,9-10H2,1H3. The maximum absolute atomic E-state index is 12.4. The zero-order valence-corrected chi connectivity index (χ0v) is 13.4.